The molecule has 0 atom stereocenters. The van der Waals surface area contributed by atoms with Crippen LogP contribution in [0.5, 0.6) is 0 Å². The highest BCUT2D eigenvalue weighted by molar-refractivity contribution is 7.12. The maximum Gasteiger partial charge on any atom is 0.264 e. The van der Waals surface area contributed by atoms with Crippen LogP contribution in [0.3, 0.4) is 0 Å². The summed E-state index contributed by atoms with van der Waals surface area (Å²) in [5, 5.41) is 2.72. The smallest absolute Gasteiger partial charge is 0.264 e. The van der Waals surface area contributed by atoms with E-state index in [-0.39, 0.29) is 5.91 Å². The summed E-state index contributed by atoms with van der Waals surface area (Å²) < 4.78 is 2.17. The van der Waals surface area contributed by atoms with Crippen molar-refractivity contribution in [2.75, 3.05) is 6.54 Å². The largest absolute Gasteiger partial charge is 0.345 e. The number of halogens is 1. The van der Waals surface area contributed by atoms with Crippen LogP contribution in [0, 0.1) is 0 Å². The van der Waals surface area contributed by atoms with E-state index in [0.29, 0.717) is 13.1 Å². The van der Waals surface area contributed by atoms with Crippen LogP contribution in [0.25, 0.3) is 0 Å². The van der Waals surface area contributed by atoms with E-state index in [2.05, 4.69) is 17.6 Å². The molecule has 3 rings (SSSR count). The first kappa shape index (κ1) is 18.7. The van der Waals surface area contributed by atoms with Gasteiger partial charge in [-0.2, -0.15) is 0 Å². The minimum atomic E-state index is 0.110. The fraction of sp³-hybridized carbons (Fsp3) is 0.286. The number of thiophene rings is 1. The van der Waals surface area contributed by atoms with Crippen LogP contribution >= 0.6 is 22.9 Å². The van der Waals surface area contributed by atoms with Gasteiger partial charge in [0.15, 0.2) is 0 Å². The second kappa shape index (κ2) is 9.06. The van der Waals surface area contributed by atoms with Crippen molar-refractivity contribution in [3.63, 3.8) is 0 Å². The second-order valence-electron chi connectivity index (χ2n) is 6.28. The summed E-state index contributed by atoms with van der Waals surface area (Å²) in [7, 11) is 0. The average molecular weight is 387 g/mol. The number of carbonyl (C=O) groups excluding carboxylic acids is 1. The lowest BCUT2D eigenvalue weighted by atomic mass is 10.2. The van der Waals surface area contributed by atoms with Gasteiger partial charge in [-0.1, -0.05) is 49.2 Å². The van der Waals surface area contributed by atoms with E-state index in [1.165, 1.54) is 11.3 Å². The summed E-state index contributed by atoms with van der Waals surface area (Å²) in [6.07, 6.45) is 4.11. The molecular formula is C21H23ClN2OS. The molecule has 0 radical (unpaired) electrons. The van der Waals surface area contributed by atoms with Gasteiger partial charge in [-0.15, -0.1) is 11.3 Å². The maximum atomic E-state index is 12.9. The fourth-order valence-corrected chi connectivity index (χ4v) is 3.80. The molecule has 2 heterocycles. The van der Waals surface area contributed by atoms with E-state index in [4.69, 9.17) is 11.6 Å². The monoisotopic (exact) mass is 386 g/mol. The molecule has 0 unspecified atom stereocenters. The zero-order chi connectivity index (χ0) is 18.4. The van der Waals surface area contributed by atoms with Crippen molar-refractivity contribution in [1.29, 1.82) is 0 Å². The summed E-state index contributed by atoms with van der Waals surface area (Å²) in [5.74, 6) is 0.110. The number of rotatable bonds is 8. The van der Waals surface area contributed by atoms with Gasteiger partial charge in [0.05, 0.1) is 11.4 Å². The molecule has 3 nitrogen and oxygen atoms in total. The Balaban J connectivity index is 1.78. The lowest BCUT2D eigenvalue weighted by Crippen LogP contribution is -2.31. The van der Waals surface area contributed by atoms with E-state index in [0.717, 1.165) is 40.5 Å². The number of carbonyl (C=O) groups is 1. The molecule has 2 aromatic heterocycles. The van der Waals surface area contributed by atoms with Gasteiger partial charge in [-0.05, 0) is 41.6 Å². The van der Waals surface area contributed by atoms with Gasteiger partial charge >= 0.3 is 0 Å². The third kappa shape index (κ3) is 4.57. The minimum Gasteiger partial charge on any atom is -0.345 e. The third-order valence-corrected chi connectivity index (χ3v) is 5.60. The van der Waals surface area contributed by atoms with E-state index in [1.54, 1.807) is 0 Å². The lowest BCUT2D eigenvalue weighted by molar-refractivity contribution is 0.0742. The zero-order valence-corrected chi connectivity index (χ0v) is 16.5. The van der Waals surface area contributed by atoms with Gasteiger partial charge < -0.3 is 9.47 Å². The highest BCUT2D eigenvalue weighted by Gasteiger charge is 2.18. The van der Waals surface area contributed by atoms with Gasteiger partial charge in [0.2, 0.25) is 0 Å². The Hall–Kier alpha value is -2.04. The molecule has 5 heteroatoms. The molecule has 0 spiro atoms. The number of amides is 1. The topological polar surface area (TPSA) is 25.2 Å². The molecule has 0 aliphatic rings. The third-order valence-electron chi connectivity index (χ3n) is 4.38. The first-order chi connectivity index (χ1) is 12.7. The summed E-state index contributed by atoms with van der Waals surface area (Å²) in [6, 6.07) is 15.8. The van der Waals surface area contributed by atoms with Crippen LogP contribution in [0.1, 0.15) is 40.7 Å². The SMILES string of the molecule is CCCCN(Cc1cccn1Cc1ccccc1Cl)C(=O)c1cccs1. The number of nitrogens with zero attached hydrogens (tertiary/aromatic N) is 2. The van der Waals surface area contributed by atoms with Gasteiger partial charge in [0.25, 0.3) is 5.91 Å². The molecule has 0 saturated heterocycles. The molecule has 136 valence electrons. The lowest BCUT2D eigenvalue weighted by Gasteiger charge is -2.23. The molecule has 0 N–H and O–H groups in total. The molecule has 1 aromatic carbocycles. The van der Waals surface area contributed by atoms with Crippen molar-refractivity contribution >= 4 is 28.8 Å². The van der Waals surface area contributed by atoms with Crippen molar-refractivity contribution in [3.05, 3.63) is 81.3 Å². The summed E-state index contributed by atoms with van der Waals surface area (Å²) in [5.41, 5.74) is 2.20. The van der Waals surface area contributed by atoms with Crippen molar-refractivity contribution < 1.29 is 4.79 Å². The molecule has 0 aliphatic carbocycles. The van der Waals surface area contributed by atoms with Gasteiger partial charge in [0.1, 0.15) is 0 Å². The maximum absolute atomic E-state index is 12.9. The van der Waals surface area contributed by atoms with Crippen LogP contribution in [0.2, 0.25) is 5.02 Å². The normalized spacial score (nSPS) is 10.8. The van der Waals surface area contributed by atoms with Gasteiger partial charge in [0, 0.05) is 30.0 Å². The number of hydrogen-bond donors (Lipinski definition) is 0. The molecule has 3 aromatic rings. The number of unbranched alkanes of at least 4 members (excludes halogenated alkanes) is 1. The molecule has 0 bridgehead atoms. The minimum absolute atomic E-state index is 0.110. The molecular weight excluding hydrogens is 364 g/mol. The molecule has 1 amide bonds. The van der Waals surface area contributed by atoms with Crippen LogP contribution in [0.4, 0.5) is 0 Å². The molecule has 0 aliphatic heterocycles. The van der Waals surface area contributed by atoms with Crippen LogP contribution in [0.15, 0.2) is 60.1 Å². The second-order valence-corrected chi connectivity index (χ2v) is 7.63. The Morgan fingerprint density at radius 2 is 2.00 bits per heavy atom. The highest BCUT2D eigenvalue weighted by Crippen LogP contribution is 2.19. The Kier molecular flexibility index (Phi) is 6.53. The Morgan fingerprint density at radius 3 is 2.73 bits per heavy atom. The molecule has 26 heavy (non-hydrogen) atoms. The fourth-order valence-electron chi connectivity index (χ4n) is 2.91. The molecule has 0 fully saturated rings. The van der Waals surface area contributed by atoms with Crippen LogP contribution in [-0.2, 0) is 13.1 Å². The molecule has 0 saturated carbocycles. The van der Waals surface area contributed by atoms with E-state index >= 15 is 0 Å². The Morgan fingerprint density at radius 1 is 1.15 bits per heavy atom. The summed E-state index contributed by atoms with van der Waals surface area (Å²) >= 11 is 7.81. The van der Waals surface area contributed by atoms with Crippen LogP contribution in [-0.4, -0.2) is 21.9 Å². The summed E-state index contributed by atoms with van der Waals surface area (Å²) in [4.78, 5) is 15.6. The first-order valence-electron chi connectivity index (χ1n) is 8.89. The number of aromatic nitrogens is 1. The van der Waals surface area contributed by atoms with Gasteiger partial charge in [-0.3, -0.25) is 4.79 Å². The standard InChI is InChI=1S/C21H23ClN2OS/c1-2-3-12-24(21(25)20-11-7-14-26-20)16-18-9-6-13-23(18)15-17-8-4-5-10-19(17)22/h4-11,13-14H,2-3,12,15-16H2,1H3. The van der Waals surface area contributed by atoms with Crippen molar-refractivity contribution in [3.8, 4) is 0 Å². The zero-order valence-electron chi connectivity index (χ0n) is 14.9. The van der Waals surface area contributed by atoms with Crippen molar-refractivity contribution in [2.24, 2.45) is 0 Å². The van der Waals surface area contributed by atoms with Crippen molar-refractivity contribution in [2.45, 2.75) is 32.9 Å². The average Bonchev–Trinajstić information content (AvgIpc) is 3.32. The Labute approximate surface area is 163 Å². The Bertz CT molecular complexity index is 841. The van der Waals surface area contributed by atoms with E-state index in [9.17, 15) is 4.79 Å². The van der Waals surface area contributed by atoms with Crippen molar-refractivity contribution in [1.82, 2.24) is 9.47 Å². The van der Waals surface area contributed by atoms with Crippen LogP contribution < -0.4 is 0 Å². The van der Waals surface area contributed by atoms with E-state index < -0.39 is 0 Å². The predicted octanol–water partition coefficient (Wildman–Crippen LogP) is 5.69. The number of benzene rings is 1. The first-order valence-corrected chi connectivity index (χ1v) is 10.1. The van der Waals surface area contributed by atoms with Gasteiger partial charge in [-0.25, -0.2) is 0 Å². The highest BCUT2D eigenvalue weighted by atomic mass is 35.5. The predicted molar refractivity (Wildman–Crippen MR) is 109 cm³/mol. The quantitative estimate of drug-likeness (QED) is 0.488. The van der Waals surface area contributed by atoms with E-state index in [1.807, 2.05) is 58.9 Å². The number of hydrogen-bond acceptors (Lipinski definition) is 2. The summed E-state index contributed by atoms with van der Waals surface area (Å²) in [6.45, 7) is 4.23.